The Balaban J connectivity index is 2.64. The smallest absolute Gasteiger partial charge is 0.258 e. The molecule has 0 N–H and O–H groups in total. The Kier molecular flexibility index (Phi) is 1.58. The quantitative estimate of drug-likeness (QED) is 0.599. The van der Waals surface area contributed by atoms with E-state index in [4.69, 9.17) is 8.94 Å². The molecule has 70 valence electrons. The molecule has 0 aliphatic rings. The molecule has 4 nitrogen and oxygen atoms in total. The van der Waals surface area contributed by atoms with Crippen LogP contribution in [0.15, 0.2) is 21.1 Å². The molecular formula is C9H5IN2O2. The zero-order valence-electron chi connectivity index (χ0n) is 7.24. The summed E-state index contributed by atoms with van der Waals surface area (Å²) >= 11 is 2.05. The molecule has 0 fully saturated rings. The fourth-order valence-electron chi connectivity index (χ4n) is 1.53. The summed E-state index contributed by atoms with van der Waals surface area (Å²) in [7, 11) is 0. The van der Waals surface area contributed by atoms with E-state index in [-0.39, 0.29) is 0 Å². The predicted molar refractivity (Wildman–Crippen MR) is 59.0 cm³/mol. The van der Waals surface area contributed by atoms with Crippen LogP contribution >= 0.6 is 22.6 Å². The minimum Gasteiger partial charge on any atom is -0.431 e. The van der Waals surface area contributed by atoms with Gasteiger partial charge in [0.2, 0.25) is 0 Å². The number of hydrogen-bond donors (Lipinski definition) is 0. The maximum absolute atomic E-state index is 5.50. The second-order valence-electron chi connectivity index (χ2n) is 3.02. The van der Waals surface area contributed by atoms with Gasteiger partial charge in [-0.1, -0.05) is 5.16 Å². The number of oxazole rings is 1. The van der Waals surface area contributed by atoms with E-state index in [1.807, 2.05) is 41.6 Å². The largest absolute Gasteiger partial charge is 0.431 e. The van der Waals surface area contributed by atoms with Crippen molar-refractivity contribution in [3.05, 3.63) is 21.7 Å². The number of halogens is 1. The zero-order chi connectivity index (χ0) is 9.71. The first-order chi connectivity index (χ1) is 6.75. The van der Waals surface area contributed by atoms with Gasteiger partial charge in [0.25, 0.3) is 3.90 Å². The van der Waals surface area contributed by atoms with E-state index in [9.17, 15) is 0 Å². The van der Waals surface area contributed by atoms with Crippen molar-refractivity contribution in [3.8, 4) is 0 Å². The van der Waals surface area contributed by atoms with Gasteiger partial charge in [0.15, 0.2) is 11.2 Å². The van der Waals surface area contributed by atoms with E-state index in [0.29, 0.717) is 3.90 Å². The third-order valence-corrected chi connectivity index (χ3v) is 2.60. The van der Waals surface area contributed by atoms with Gasteiger partial charge in [-0.05, 0) is 19.1 Å². The van der Waals surface area contributed by atoms with Crippen LogP contribution in [0.5, 0.6) is 0 Å². The Morgan fingerprint density at radius 1 is 1.36 bits per heavy atom. The fraction of sp³-hybridized carbons (Fsp3) is 0.111. The highest BCUT2D eigenvalue weighted by Crippen LogP contribution is 2.28. The van der Waals surface area contributed by atoms with E-state index in [0.717, 1.165) is 27.8 Å². The molecule has 0 saturated heterocycles. The summed E-state index contributed by atoms with van der Waals surface area (Å²) in [6.45, 7) is 1.89. The van der Waals surface area contributed by atoms with Crippen LogP contribution in [-0.4, -0.2) is 10.1 Å². The lowest BCUT2D eigenvalue weighted by molar-refractivity contribution is 0.450. The number of fused-ring (bicyclic) bond motifs is 3. The molecule has 3 rings (SSSR count). The monoisotopic (exact) mass is 300 g/mol. The molecule has 0 aliphatic heterocycles. The van der Waals surface area contributed by atoms with Crippen molar-refractivity contribution in [2.45, 2.75) is 6.92 Å². The van der Waals surface area contributed by atoms with Crippen LogP contribution in [0.1, 0.15) is 5.69 Å². The van der Waals surface area contributed by atoms with Crippen molar-refractivity contribution in [2.24, 2.45) is 0 Å². The van der Waals surface area contributed by atoms with Gasteiger partial charge < -0.3 is 8.94 Å². The lowest BCUT2D eigenvalue weighted by atomic mass is 10.2. The lowest BCUT2D eigenvalue weighted by Gasteiger charge is -1.87. The Hall–Kier alpha value is -1.11. The van der Waals surface area contributed by atoms with E-state index >= 15 is 0 Å². The van der Waals surface area contributed by atoms with Crippen LogP contribution < -0.4 is 0 Å². The van der Waals surface area contributed by atoms with E-state index < -0.39 is 0 Å². The van der Waals surface area contributed by atoms with Crippen molar-refractivity contribution < 1.29 is 8.94 Å². The Morgan fingerprint density at radius 3 is 3.07 bits per heavy atom. The average Bonchev–Trinajstić information content (AvgIpc) is 2.68. The Labute approximate surface area is 92.4 Å². The van der Waals surface area contributed by atoms with Gasteiger partial charge in [-0.15, -0.1) is 0 Å². The van der Waals surface area contributed by atoms with Crippen molar-refractivity contribution in [1.29, 1.82) is 0 Å². The number of rotatable bonds is 0. The number of benzene rings is 1. The average molecular weight is 300 g/mol. The van der Waals surface area contributed by atoms with E-state index in [2.05, 4.69) is 10.1 Å². The Bertz CT molecular complexity index is 626. The topological polar surface area (TPSA) is 52.1 Å². The molecule has 0 spiro atoms. The molecule has 3 aromatic rings. The summed E-state index contributed by atoms with van der Waals surface area (Å²) in [5.74, 6) is 0. The highest BCUT2D eigenvalue weighted by molar-refractivity contribution is 14.1. The van der Waals surface area contributed by atoms with Gasteiger partial charge in [-0.2, -0.15) is 0 Å². The van der Waals surface area contributed by atoms with Crippen molar-refractivity contribution >= 4 is 44.7 Å². The van der Waals surface area contributed by atoms with Gasteiger partial charge in [0.1, 0.15) is 5.52 Å². The van der Waals surface area contributed by atoms with Crippen LogP contribution in [0.3, 0.4) is 0 Å². The van der Waals surface area contributed by atoms with Crippen LogP contribution in [-0.2, 0) is 0 Å². The van der Waals surface area contributed by atoms with Crippen molar-refractivity contribution in [2.75, 3.05) is 0 Å². The van der Waals surface area contributed by atoms with Gasteiger partial charge in [-0.3, -0.25) is 0 Å². The van der Waals surface area contributed by atoms with Crippen LogP contribution in [0.4, 0.5) is 0 Å². The normalized spacial score (nSPS) is 11.6. The fourth-order valence-corrected chi connectivity index (χ4v) is 2.01. The van der Waals surface area contributed by atoms with Crippen LogP contribution in [0.25, 0.3) is 22.1 Å². The van der Waals surface area contributed by atoms with Gasteiger partial charge in [0.05, 0.1) is 11.1 Å². The lowest BCUT2D eigenvalue weighted by Crippen LogP contribution is -1.72. The van der Waals surface area contributed by atoms with Crippen molar-refractivity contribution in [3.63, 3.8) is 0 Å². The van der Waals surface area contributed by atoms with Crippen LogP contribution in [0, 0.1) is 10.8 Å². The summed E-state index contributed by atoms with van der Waals surface area (Å²) in [5.41, 5.74) is 3.17. The standard InChI is InChI=1S/C9H5IN2O2/c1-4-7-6(14-12-4)3-2-5-8(7)13-9(10)11-5/h2-3H,1H3. The van der Waals surface area contributed by atoms with Crippen LogP contribution in [0.2, 0.25) is 0 Å². The first-order valence-corrected chi connectivity index (χ1v) is 5.14. The summed E-state index contributed by atoms with van der Waals surface area (Å²) < 4.78 is 11.3. The van der Waals surface area contributed by atoms with E-state index in [1.54, 1.807) is 0 Å². The molecule has 0 bridgehead atoms. The second kappa shape index (κ2) is 2.69. The van der Waals surface area contributed by atoms with E-state index in [1.165, 1.54) is 0 Å². The molecule has 14 heavy (non-hydrogen) atoms. The third-order valence-electron chi connectivity index (χ3n) is 2.14. The van der Waals surface area contributed by atoms with Gasteiger partial charge in [0, 0.05) is 22.6 Å². The molecule has 2 heterocycles. The predicted octanol–water partition coefficient (Wildman–Crippen LogP) is 2.88. The second-order valence-corrected chi connectivity index (χ2v) is 3.94. The molecule has 0 radical (unpaired) electrons. The molecule has 0 aliphatic carbocycles. The number of aromatic nitrogens is 2. The minimum atomic E-state index is 0.630. The maximum Gasteiger partial charge on any atom is 0.258 e. The first kappa shape index (κ1) is 8.22. The first-order valence-electron chi connectivity index (χ1n) is 4.07. The summed E-state index contributed by atoms with van der Waals surface area (Å²) in [5, 5.41) is 4.80. The summed E-state index contributed by atoms with van der Waals surface area (Å²) in [4.78, 5) is 4.23. The third kappa shape index (κ3) is 0.985. The van der Waals surface area contributed by atoms with Gasteiger partial charge in [-0.25, -0.2) is 4.98 Å². The highest BCUT2D eigenvalue weighted by Gasteiger charge is 2.13. The molecule has 0 atom stereocenters. The van der Waals surface area contributed by atoms with Crippen molar-refractivity contribution in [1.82, 2.24) is 10.1 Å². The molecule has 2 aromatic heterocycles. The molecule has 0 unspecified atom stereocenters. The maximum atomic E-state index is 5.50. The molecule has 0 amide bonds. The molecule has 5 heteroatoms. The Morgan fingerprint density at radius 2 is 2.21 bits per heavy atom. The zero-order valence-corrected chi connectivity index (χ0v) is 9.40. The number of aryl methyl sites for hydroxylation is 1. The highest BCUT2D eigenvalue weighted by atomic mass is 127. The SMILES string of the molecule is Cc1noc2ccc3nc(I)oc3c12. The molecular weight excluding hydrogens is 295 g/mol. The van der Waals surface area contributed by atoms with Gasteiger partial charge >= 0.3 is 0 Å². The molecule has 0 saturated carbocycles. The minimum absolute atomic E-state index is 0.630. The summed E-state index contributed by atoms with van der Waals surface area (Å²) in [6, 6.07) is 3.73. The summed E-state index contributed by atoms with van der Waals surface area (Å²) in [6.07, 6.45) is 0. The number of nitrogens with zero attached hydrogens (tertiary/aromatic N) is 2. The number of hydrogen-bond acceptors (Lipinski definition) is 4. The molecule has 1 aromatic carbocycles.